The van der Waals surface area contributed by atoms with Crippen LogP contribution in [-0.2, 0) is 0 Å². The maximum absolute atomic E-state index is 2.58. The van der Waals surface area contributed by atoms with E-state index in [9.17, 15) is 0 Å². The average molecular weight is 326 g/mol. The molecule has 0 saturated carbocycles. The summed E-state index contributed by atoms with van der Waals surface area (Å²) >= 11 is 0. The summed E-state index contributed by atoms with van der Waals surface area (Å²) in [4.78, 5) is 0. The molecule has 0 saturated heterocycles. The molecule has 122 valence electrons. The van der Waals surface area contributed by atoms with Crippen LogP contribution in [0.3, 0.4) is 0 Å². The van der Waals surface area contributed by atoms with Gasteiger partial charge in [0.15, 0.2) is 0 Å². The SMILES string of the molecule is CC(C)P(CC1=CC(CP(C(C)C)C(C)C)C=C1)C(C)C. The van der Waals surface area contributed by atoms with Gasteiger partial charge in [0, 0.05) is 0 Å². The first-order valence-electron chi connectivity index (χ1n) is 8.62. The highest BCUT2D eigenvalue weighted by Gasteiger charge is 2.23. The Bertz CT molecular complexity index is 348. The van der Waals surface area contributed by atoms with Gasteiger partial charge in [0.25, 0.3) is 0 Å². The number of rotatable bonds is 8. The van der Waals surface area contributed by atoms with Crippen LogP contribution in [-0.4, -0.2) is 35.0 Å². The van der Waals surface area contributed by atoms with E-state index < -0.39 is 0 Å². The first-order chi connectivity index (χ1) is 9.72. The molecule has 0 radical (unpaired) electrons. The van der Waals surface area contributed by atoms with Gasteiger partial charge in [-0.05, 0) is 46.5 Å². The van der Waals surface area contributed by atoms with E-state index in [1.54, 1.807) is 5.57 Å². The zero-order valence-corrected chi connectivity index (χ0v) is 17.2. The molecule has 0 aromatic heterocycles. The predicted octanol–water partition coefficient (Wildman–Crippen LogP) is 6.70. The van der Waals surface area contributed by atoms with Crippen LogP contribution >= 0.6 is 15.8 Å². The Morgan fingerprint density at radius 3 is 1.71 bits per heavy atom. The van der Waals surface area contributed by atoms with Crippen molar-refractivity contribution in [2.75, 3.05) is 12.3 Å². The largest absolute Gasteiger partial charge is 0.101 e. The lowest BCUT2D eigenvalue weighted by molar-refractivity contribution is 0.914. The second kappa shape index (κ2) is 8.84. The summed E-state index contributed by atoms with van der Waals surface area (Å²) in [5.41, 5.74) is 5.02. The molecule has 1 atom stereocenters. The smallest absolute Gasteiger partial charge is 0.000486 e. The van der Waals surface area contributed by atoms with Crippen molar-refractivity contribution in [3.8, 4) is 0 Å². The van der Waals surface area contributed by atoms with Gasteiger partial charge in [0.1, 0.15) is 0 Å². The molecule has 0 aliphatic heterocycles. The van der Waals surface area contributed by atoms with Gasteiger partial charge in [0.05, 0.1) is 0 Å². The van der Waals surface area contributed by atoms with E-state index in [4.69, 9.17) is 0 Å². The van der Waals surface area contributed by atoms with Crippen LogP contribution in [0.5, 0.6) is 0 Å². The molecule has 0 bridgehead atoms. The fraction of sp³-hybridized carbons (Fsp3) is 0.789. The number of hydrogen-bond donors (Lipinski definition) is 0. The molecule has 1 aliphatic rings. The van der Waals surface area contributed by atoms with Gasteiger partial charge >= 0.3 is 0 Å². The van der Waals surface area contributed by atoms with Crippen LogP contribution in [0, 0.1) is 5.92 Å². The van der Waals surface area contributed by atoms with Crippen molar-refractivity contribution < 1.29 is 0 Å². The fourth-order valence-electron chi connectivity index (χ4n) is 3.29. The minimum absolute atomic E-state index is 0.132. The Morgan fingerprint density at radius 2 is 1.29 bits per heavy atom. The van der Waals surface area contributed by atoms with Gasteiger partial charge in [-0.1, -0.05) is 81.5 Å². The summed E-state index contributed by atoms with van der Waals surface area (Å²) in [7, 11) is 0.287. The molecule has 1 rings (SSSR count). The van der Waals surface area contributed by atoms with Gasteiger partial charge in [0.2, 0.25) is 0 Å². The normalized spacial score (nSPS) is 19.1. The second-order valence-corrected chi connectivity index (χ2v) is 14.4. The molecule has 0 heterocycles. The molecule has 0 N–H and O–H groups in total. The van der Waals surface area contributed by atoms with Crippen molar-refractivity contribution in [1.82, 2.24) is 0 Å². The summed E-state index contributed by atoms with van der Waals surface area (Å²) in [6, 6.07) is 0. The standard InChI is InChI=1S/C19H36P2/c1-14(2)20(15(3)4)12-18-9-10-19(11-18)13-21(16(5)6)17(7)8/h9-11,14-18H,12-13H2,1-8H3. The summed E-state index contributed by atoms with van der Waals surface area (Å²) < 4.78 is 0. The van der Waals surface area contributed by atoms with Crippen LogP contribution in [0.25, 0.3) is 0 Å². The highest BCUT2D eigenvalue weighted by Crippen LogP contribution is 2.50. The number of hydrogen-bond acceptors (Lipinski definition) is 0. The highest BCUT2D eigenvalue weighted by atomic mass is 31.1. The molecular weight excluding hydrogens is 290 g/mol. The van der Waals surface area contributed by atoms with E-state index in [1.165, 1.54) is 12.3 Å². The zero-order chi connectivity index (χ0) is 16.2. The van der Waals surface area contributed by atoms with E-state index in [0.717, 1.165) is 22.6 Å². The van der Waals surface area contributed by atoms with Crippen LogP contribution < -0.4 is 0 Å². The van der Waals surface area contributed by atoms with Crippen molar-refractivity contribution >= 4 is 15.8 Å². The van der Waals surface area contributed by atoms with Crippen LogP contribution in [0.4, 0.5) is 0 Å². The van der Waals surface area contributed by atoms with Gasteiger partial charge in [-0.3, -0.25) is 0 Å². The van der Waals surface area contributed by atoms with Gasteiger partial charge < -0.3 is 0 Å². The van der Waals surface area contributed by atoms with E-state index >= 15 is 0 Å². The van der Waals surface area contributed by atoms with E-state index in [2.05, 4.69) is 73.6 Å². The summed E-state index contributed by atoms with van der Waals surface area (Å²) in [5, 5.41) is 0. The zero-order valence-electron chi connectivity index (χ0n) is 15.4. The predicted molar refractivity (Wildman–Crippen MR) is 105 cm³/mol. The Kier molecular flexibility index (Phi) is 8.16. The summed E-state index contributed by atoms with van der Waals surface area (Å²) in [5.74, 6) is 0.715. The molecule has 1 aliphatic carbocycles. The Hall–Kier alpha value is 0.340. The second-order valence-electron chi connectivity index (χ2n) is 7.51. The molecule has 21 heavy (non-hydrogen) atoms. The van der Waals surface area contributed by atoms with Crippen LogP contribution in [0.15, 0.2) is 23.8 Å². The van der Waals surface area contributed by atoms with Gasteiger partial charge in [-0.15, -0.1) is 7.92 Å². The van der Waals surface area contributed by atoms with Gasteiger partial charge in [-0.2, -0.15) is 0 Å². The maximum Gasteiger partial charge on any atom is -0.000486 e. The third-order valence-electron chi connectivity index (χ3n) is 4.43. The molecule has 0 fully saturated rings. The van der Waals surface area contributed by atoms with E-state index in [1.807, 2.05) is 0 Å². The van der Waals surface area contributed by atoms with Crippen molar-refractivity contribution in [2.45, 2.75) is 78.0 Å². The number of allylic oxidation sites excluding steroid dienone is 4. The average Bonchev–Trinajstić information content (AvgIpc) is 2.79. The quantitative estimate of drug-likeness (QED) is 0.436. The summed E-state index contributed by atoms with van der Waals surface area (Å²) in [6.07, 6.45) is 10.2. The molecule has 0 aromatic rings. The Morgan fingerprint density at radius 1 is 0.810 bits per heavy atom. The van der Waals surface area contributed by atoms with Crippen LogP contribution in [0.1, 0.15) is 55.4 Å². The molecule has 0 aromatic carbocycles. The lowest BCUT2D eigenvalue weighted by atomic mass is 10.2. The fourth-order valence-corrected chi connectivity index (χ4v) is 8.59. The van der Waals surface area contributed by atoms with Crippen molar-refractivity contribution in [2.24, 2.45) is 5.92 Å². The van der Waals surface area contributed by atoms with E-state index in [-0.39, 0.29) is 15.8 Å². The maximum atomic E-state index is 2.58. The third kappa shape index (κ3) is 6.15. The highest BCUT2D eigenvalue weighted by molar-refractivity contribution is 7.59. The minimum Gasteiger partial charge on any atom is -0.101 e. The monoisotopic (exact) mass is 326 g/mol. The van der Waals surface area contributed by atoms with E-state index in [0.29, 0.717) is 5.92 Å². The van der Waals surface area contributed by atoms with Gasteiger partial charge in [-0.25, -0.2) is 0 Å². The molecule has 0 nitrogen and oxygen atoms in total. The van der Waals surface area contributed by atoms with Crippen molar-refractivity contribution in [3.05, 3.63) is 23.8 Å². The first kappa shape index (κ1) is 19.4. The Balaban J connectivity index is 2.64. The van der Waals surface area contributed by atoms with Crippen LogP contribution in [0.2, 0.25) is 0 Å². The topological polar surface area (TPSA) is 0 Å². The Labute approximate surface area is 136 Å². The lowest BCUT2D eigenvalue weighted by Crippen LogP contribution is -2.11. The molecule has 0 amide bonds. The molecule has 2 heteroatoms. The lowest BCUT2D eigenvalue weighted by Gasteiger charge is -2.28. The van der Waals surface area contributed by atoms with Crippen molar-refractivity contribution in [1.29, 1.82) is 0 Å². The minimum atomic E-state index is 0.132. The molecule has 0 spiro atoms. The summed E-state index contributed by atoms with van der Waals surface area (Å²) in [6.45, 7) is 19.2. The molecule has 1 unspecified atom stereocenters. The van der Waals surface area contributed by atoms with Crippen molar-refractivity contribution in [3.63, 3.8) is 0 Å². The first-order valence-corrected chi connectivity index (χ1v) is 12.0. The molecular formula is C19H36P2. The third-order valence-corrected chi connectivity index (χ3v) is 11.3.